The molecule has 4 nitrogen and oxygen atoms in total. The number of phenols is 1. The minimum absolute atomic E-state index is 0.220. The van der Waals surface area contributed by atoms with E-state index in [-0.39, 0.29) is 17.8 Å². The molecule has 0 amide bonds. The standard InChI is InChI=1S/C25H25F2O4P/c26-20-14-22(28)24(15-21(20)27)31-23-13-7-8-17(25(23)29)16-32(30,18-9-3-1-4-10-18)19-11-5-2-6-12-19/h1-6,9-12,14-15,17,23,25,28-29H,7-8,13,16H2/t17-,23-,25-/m1/s1. The summed E-state index contributed by atoms with van der Waals surface area (Å²) in [4.78, 5) is 0. The zero-order chi connectivity index (χ0) is 22.7. The van der Waals surface area contributed by atoms with E-state index >= 15 is 0 Å². The lowest BCUT2D eigenvalue weighted by atomic mass is 9.85. The van der Waals surface area contributed by atoms with Crippen molar-refractivity contribution in [1.29, 1.82) is 0 Å². The van der Waals surface area contributed by atoms with Crippen molar-refractivity contribution in [2.45, 2.75) is 31.5 Å². The van der Waals surface area contributed by atoms with Gasteiger partial charge in [-0.15, -0.1) is 0 Å². The molecule has 1 fully saturated rings. The monoisotopic (exact) mass is 458 g/mol. The van der Waals surface area contributed by atoms with E-state index in [1.807, 2.05) is 60.7 Å². The second kappa shape index (κ2) is 9.43. The van der Waals surface area contributed by atoms with Gasteiger partial charge in [0, 0.05) is 28.9 Å². The van der Waals surface area contributed by atoms with Crippen LogP contribution >= 0.6 is 7.14 Å². The quantitative estimate of drug-likeness (QED) is 0.531. The number of hydrogen-bond donors (Lipinski definition) is 2. The van der Waals surface area contributed by atoms with Crippen molar-refractivity contribution in [3.05, 3.63) is 84.4 Å². The lowest BCUT2D eigenvalue weighted by molar-refractivity contribution is -0.0254. The third-order valence-corrected chi connectivity index (χ3v) is 9.29. The van der Waals surface area contributed by atoms with Crippen molar-refractivity contribution in [2.75, 3.05) is 6.16 Å². The van der Waals surface area contributed by atoms with Gasteiger partial charge in [0.25, 0.3) is 0 Å². The molecule has 0 spiro atoms. The minimum atomic E-state index is -3.04. The zero-order valence-electron chi connectivity index (χ0n) is 17.4. The van der Waals surface area contributed by atoms with Crippen LogP contribution in [0.15, 0.2) is 72.8 Å². The smallest absolute Gasteiger partial charge is 0.164 e. The van der Waals surface area contributed by atoms with E-state index in [0.29, 0.717) is 25.3 Å². The van der Waals surface area contributed by atoms with Crippen LogP contribution in [0.25, 0.3) is 0 Å². The maximum atomic E-state index is 14.3. The second-order valence-corrected chi connectivity index (χ2v) is 11.0. The Kier molecular flexibility index (Phi) is 6.63. The molecule has 3 aromatic carbocycles. The largest absolute Gasteiger partial charge is 0.504 e. The molecule has 0 aromatic heterocycles. The summed E-state index contributed by atoms with van der Waals surface area (Å²) >= 11 is 0. The van der Waals surface area contributed by atoms with Gasteiger partial charge in [0.15, 0.2) is 23.1 Å². The first-order valence-corrected chi connectivity index (χ1v) is 12.5. The summed E-state index contributed by atoms with van der Waals surface area (Å²) in [5.41, 5.74) is 0. The summed E-state index contributed by atoms with van der Waals surface area (Å²) in [5, 5.41) is 22.4. The third-order valence-electron chi connectivity index (χ3n) is 6.05. The summed E-state index contributed by atoms with van der Waals surface area (Å²) in [6, 6.07) is 19.9. The summed E-state index contributed by atoms with van der Waals surface area (Å²) in [6.07, 6.45) is 0.402. The van der Waals surface area contributed by atoms with E-state index in [2.05, 4.69) is 0 Å². The highest BCUT2D eigenvalue weighted by Crippen LogP contribution is 2.48. The van der Waals surface area contributed by atoms with E-state index in [9.17, 15) is 23.6 Å². The van der Waals surface area contributed by atoms with Crippen LogP contribution in [0.5, 0.6) is 11.5 Å². The van der Waals surface area contributed by atoms with Crippen LogP contribution in [0.1, 0.15) is 19.3 Å². The second-order valence-electron chi connectivity index (χ2n) is 8.17. The van der Waals surface area contributed by atoms with Gasteiger partial charge in [-0.3, -0.25) is 0 Å². The number of rotatable bonds is 6. The summed E-state index contributed by atoms with van der Waals surface area (Å²) in [6.45, 7) is 0. The number of halogens is 2. The van der Waals surface area contributed by atoms with E-state index < -0.39 is 36.7 Å². The summed E-state index contributed by atoms with van der Waals surface area (Å²) in [5.74, 6) is -3.39. The molecule has 1 aliphatic carbocycles. The van der Waals surface area contributed by atoms with Crippen molar-refractivity contribution >= 4 is 17.8 Å². The average Bonchev–Trinajstić information content (AvgIpc) is 2.81. The predicted molar refractivity (Wildman–Crippen MR) is 120 cm³/mol. The Morgan fingerprint density at radius 3 is 2.06 bits per heavy atom. The Bertz CT molecular complexity index is 1060. The topological polar surface area (TPSA) is 66.8 Å². The molecule has 3 aromatic rings. The van der Waals surface area contributed by atoms with Crippen molar-refractivity contribution in [2.24, 2.45) is 5.92 Å². The molecule has 2 N–H and O–H groups in total. The summed E-state index contributed by atoms with van der Waals surface area (Å²) < 4.78 is 47.0. The maximum Gasteiger partial charge on any atom is 0.164 e. The SMILES string of the molecule is O=P(C[C@H]1CCC[C@@H](Oc2cc(F)c(F)cc2O)[C@@H]1O)(c1ccccc1)c1ccccc1. The van der Waals surface area contributed by atoms with Crippen molar-refractivity contribution < 1.29 is 28.3 Å². The van der Waals surface area contributed by atoms with Gasteiger partial charge in [-0.25, -0.2) is 8.78 Å². The lowest BCUT2D eigenvalue weighted by Crippen LogP contribution is -2.43. The molecule has 0 saturated heterocycles. The zero-order valence-corrected chi connectivity index (χ0v) is 18.3. The van der Waals surface area contributed by atoms with Gasteiger partial charge < -0.3 is 19.5 Å². The van der Waals surface area contributed by atoms with Crippen molar-refractivity contribution in [3.63, 3.8) is 0 Å². The van der Waals surface area contributed by atoms with Gasteiger partial charge >= 0.3 is 0 Å². The number of ether oxygens (including phenoxy) is 1. The van der Waals surface area contributed by atoms with Gasteiger partial charge in [-0.1, -0.05) is 60.7 Å². The third kappa shape index (κ3) is 4.57. The first-order valence-electron chi connectivity index (χ1n) is 10.6. The summed E-state index contributed by atoms with van der Waals surface area (Å²) in [7, 11) is -3.04. The normalized spacial score (nSPS) is 21.3. The molecule has 3 atom stereocenters. The molecular weight excluding hydrogens is 433 g/mol. The molecule has 168 valence electrons. The molecule has 0 unspecified atom stereocenters. The first-order chi connectivity index (χ1) is 15.4. The minimum Gasteiger partial charge on any atom is -0.504 e. The fourth-order valence-electron chi connectivity index (χ4n) is 4.36. The van der Waals surface area contributed by atoms with Crippen molar-refractivity contribution in [3.8, 4) is 11.5 Å². The van der Waals surface area contributed by atoms with E-state index in [0.717, 1.165) is 16.7 Å². The molecule has 4 rings (SSSR count). The Hall–Kier alpha value is -2.69. The molecular formula is C25H25F2O4P. The Morgan fingerprint density at radius 2 is 1.47 bits per heavy atom. The molecule has 0 aliphatic heterocycles. The van der Waals surface area contributed by atoms with Crippen LogP contribution in [0.4, 0.5) is 8.78 Å². The number of benzene rings is 3. The van der Waals surface area contributed by atoms with E-state index in [1.165, 1.54) is 0 Å². The molecule has 1 saturated carbocycles. The number of aromatic hydroxyl groups is 1. The highest BCUT2D eigenvalue weighted by atomic mass is 31.2. The number of hydrogen-bond acceptors (Lipinski definition) is 4. The highest BCUT2D eigenvalue weighted by Gasteiger charge is 2.39. The van der Waals surface area contributed by atoms with Gasteiger partial charge in [-0.05, 0) is 25.2 Å². The fraction of sp³-hybridized carbons (Fsp3) is 0.280. The maximum absolute atomic E-state index is 14.3. The number of aliphatic hydroxyl groups is 1. The predicted octanol–water partition coefficient (Wildman–Crippen LogP) is 4.59. The van der Waals surface area contributed by atoms with E-state index in [1.54, 1.807) is 0 Å². The molecule has 1 aliphatic rings. The molecule has 0 bridgehead atoms. The van der Waals surface area contributed by atoms with Gasteiger partial charge in [0.05, 0.1) is 6.10 Å². The average molecular weight is 458 g/mol. The first kappa shape index (κ1) is 22.5. The van der Waals surface area contributed by atoms with Crippen molar-refractivity contribution in [1.82, 2.24) is 0 Å². The van der Waals surface area contributed by atoms with Crippen LogP contribution in [0.2, 0.25) is 0 Å². The van der Waals surface area contributed by atoms with Gasteiger partial charge in [0.1, 0.15) is 13.2 Å². The Morgan fingerprint density at radius 1 is 0.906 bits per heavy atom. The highest BCUT2D eigenvalue weighted by molar-refractivity contribution is 7.78. The van der Waals surface area contributed by atoms with Crippen LogP contribution in [0.3, 0.4) is 0 Å². The molecule has 0 radical (unpaired) electrons. The number of aliphatic hydroxyl groups excluding tert-OH is 1. The van der Waals surface area contributed by atoms with Crippen LogP contribution in [-0.2, 0) is 4.57 Å². The van der Waals surface area contributed by atoms with Crippen LogP contribution in [-0.4, -0.2) is 28.6 Å². The van der Waals surface area contributed by atoms with Crippen LogP contribution in [0, 0.1) is 17.6 Å². The number of phenolic OH excluding ortho intramolecular Hbond substituents is 1. The van der Waals surface area contributed by atoms with Crippen LogP contribution < -0.4 is 15.3 Å². The molecule has 7 heteroatoms. The Balaban J connectivity index is 1.60. The fourth-order valence-corrected chi connectivity index (χ4v) is 7.44. The lowest BCUT2D eigenvalue weighted by Gasteiger charge is -2.36. The molecule has 32 heavy (non-hydrogen) atoms. The van der Waals surface area contributed by atoms with Gasteiger partial charge in [0.2, 0.25) is 0 Å². The van der Waals surface area contributed by atoms with Gasteiger partial charge in [-0.2, -0.15) is 0 Å². The Labute approximate surface area is 185 Å². The van der Waals surface area contributed by atoms with E-state index in [4.69, 9.17) is 4.74 Å². The molecule has 0 heterocycles.